The number of unbranched alkanes of at least 4 members (excludes halogenated alkanes) is 6. The molecular weight excluding hydrogens is 170 g/mol. The van der Waals surface area contributed by atoms with Crippen LogP contribution < -0.4 is 5.73 Å². The summed E-state index contributed by atoms with van der Waals surface area (Å²) in [5.74, 6) is 0. The zero-order valence-corrected chi connectivity index (χ0v) is 9.80. The van der Waals surface area contributed by atoms with Gasteiger partial charge in [0.15, 0.2) is 0 Å². The van der Waals surface area contributed by atoms with E-state index in [-0.39, 0.29) is 0 Å². The van der Waals surface area contributed by atoms with Crippen molar-refractivity contribution in [2.75, 3.05) is 0 Å². The van der Waals surface area contributed by atoms with Crippen molar-refractivity contribution in [3.63, 3.8) is 0 Å². The highest BCUT2D eigenvalue weighted by atomic mass is 14.6. The van der Waals surface area contributed by atoms with Gasteiger partial charge < -0.3 is 5.73 Å². The summed E-state index contributed by atoms with van der Waals surface area (Å²) in [7, 11) is 0. The first-order chi connectivity index (χ1) is 6.81. The van der Waals surface area contributed by atoms with Gasteiger partial charge >= 0.3 is 0 Å². The van der Waals surface area contributed by atoms with Gasteiger partial charge in [0.1, 0.15) is 0 Å². The predicted octanol–water partition coefficient (Wildman–Crippen LogP) is 4.03. The second-order valence-corrected chi connectivity index (χ2v) is 4.19. The number of rotatable bonds is 10. The van der Waals surface area contributed by atoms with E-state index in [4.69, 9.17) is 5.73 Å². The normalized spacial score (nSPS) is 12.7. The van der Waals surface area contributed by atoms with Crippen molar-refractivity contribution >= 4 is 0 Å². The molecule has 0 radical (unpaired) electrons. The minimum Gasteiger partial charge on any atom is -0.327 e. The Bertz CT molecular complexity index is 120. The van der Waals surface area contributed by atoms with Crippen LogP contribution in [0.2, 0.25) is 0 Å². The lowest BCUT2D eigenvalue weighted by Gasteiger charge is -2.07. The molecule has 0 fully saturated rings. The molecule has 2 N–H and O–H groups in total. The smallest absolute Gasteiger partial charge is 0.00733 e. The summed E-state index contributed by atoms with van der Waals surface area (Å²) < 4.78 is 0. The topological polar surface area (TPSA) is 26.0 Å². The van der Waals surface area contributed by atoms with Crippen molar-refractivity contribution in [1.82, 2.24) is 0 Å². The van der Waals surface area contributed by atoms with E-state index in [1.165, 1.54) is 51.4 Å². The van der Waals surface area contributed by atoms with Gasteiger partial charge in [0.05, 0.1) is 0 Å². The second-order valence-electron chi connectivity index (χ2n) is 4.19. The van der Waals surface area contributed by atoms with Gasteiger partial charge in [-0.1, -0.05) is 57.9 Å². The van der Waals surface area contributed by atoms with Gasteiger partial charge in [0.25, 0.3) is 0 Å². The Morgan fingerprint density at radius 3 is 2.21 bits per heavy atom. The molecule has 1 unspecified atom stereocenters. The van der Waals surface area contributed by atoms with Crippen LogP contribution in [0.1, 0.15) is 64.7 Å². The maximum atomic E-state index is 5.88. The molecule has 1 nitrogen and oxygen atoms in total. The van der Waals surface area contributed by atoms with Gasteiger partial charge in [-0.25, -0.2) is 0 Å². The highest BCUT2D eigenvalue weighted by molar-refractivity contribution is 4.74. The first-order valence-electron chi connectivity index (χ1n) is 6.17. The molecule has 0 aliphatic carbocycles. The highest BCUT2D eigenvalue weighted by Crippen LogP contribution is 2.10. The van der Waals surface area contributed by atoms with Gasteiger partial charge in [-0.2, -0.15) is 0 Å². The predicted molar refractivity (Wildman–Crippen MR) is 65.4 cm³/mol. The van der Waals surface area contributed by atoms with E-state index in [1.54, 1.807) is 0 Å². The monoisotopic (exact) mass is 197 g/mol. The molecular formula is C13H27N. The minimum atomic E-state index is 0.350. The van der Waals surface area contributed by atoms with Crippen molar-refractivity contribution in [2.45, 2.75) is 70.8 Å². The molecule has 0 spiro atoms. The molecule has 0 saturated carbocycles. The molecule has 0 amide bonds. The average molecular weight is 197 g/mol. The van der Waals surface area contributed by atoms with Crippen LogP contribution in [0.5, 0.6) is 0 Å². The van der Waals surface area contributed by atoms with Gasteiger partial charge in [0, 0.05) is 6.04 Å². The molecule has 0 heterocycles. The molecule has 0 aromatic heterocycles. The lowest BCUT2D eigenvalue weighted by molar-refractivity contribution is 0.532. The third-order valence-electron chi connectivity index (χ3n) is 2.65. The van der Waals surface area contributed by atoms with Crippen LogP contribution in [0, 0.1) is 0 Å². The van der Waals surface area contributed by atoms with Gasteiger partial charge in [-0.05, 0) is 12.8 Å². The Hall–Kier alpha value is -0.300. The molecule has 1 atom stereocenters. The van der Waals surface area contributed by atoms with Crippen LogP contribution in [0.25, 0.3) is 0 Å². The fourth-order valence-electron chi connectivity index (χ4n) is 1.70. The zero-order valence-electron chi connectivity index (χ0n) is 9.80. The van der Waals surface area contributed by atoms with Crippen LogP contribution in [0.15, 0.2) is 12.7 Å². The van der Waals surface area contributed by atoms with Crippen molar-refractivity contribution in [1.29, 1.82) is 0 Å². The molecule has 0 aliphatic rings. The van der Waals surface area contributed by atoms with E-state index in [1.807, 2.05) is 6.08 Å². The summed E-state index contributed by atoms with van der Waals surface area (Å²) in [6, 6.07) is 0.350. The summed E-state index contributed by atoms with van der Waals surface area (Å²) in [6.07, 6.45) is 13.7. The molecule has 0 aliphatic heterocycles. The second kappa shape index (κ2) is 10.8. The van der Waals surface area contributed by atoms with E-state index < -0.39 is 0 Å². The first-order valence-corrected chi connectivity index (χ1v) is 6.17. The Labute approximate surface area is 89.8 Å². The largest absolute Gasteiger partial charge is 0.327 e. The minimum absolute atomic E-state index is 0.350. The van der Waals surface area contributed by atoms with Crippen LogP contribution in [-0.2, 0) is 0 Å². The summed E-state index contributed by atoms with van der Waals surface area (Å²) in [6.45, 7) is 5.96. The van der Waals surface area contributed by atoms with Gasteiger partial charge in [-0.15, -0.1) is 6.58 Å². The lowest BCUT2D eigenvalue weighted by Crippen LogP contribution is -2.18. The van der Waals surface area contributed by atoms with Crippen molar-refractivity contribution in [2.24, 2.45) is 5.73 Å². The molecule has 0 bridgehead atoms. The lowest BCUT2D eigenvalue weighted by atomic mass is 10.0. The van der Waals surface area contributed by atoms with E-state index in [0.717, 1.165) is 6.42 Å². The van der Waals surface area contributed by atoms with E-state index in [9.17, 15) is 0 Å². The summed E-state index contributed by atoms with van der Waals surface area (Å²) >= 11 is 0. The highest BCUT2D eigenvalue weighted by Gasteiger charge is 1.98. The Balaban J connectivity index is 3.01. The Morgan fingerprint density at radius 1 is 1.07 bits per heavy atom. The SMILES string of the molecule is C=CCC(N)CCCCCCCCC. The van der Waals surface area contributed by atoms with E-state index in [0.29, 0.717) is 6.04 Å². The maximum Gasteiger partial charge on any atom is 0.00733 e. The molecule has 0 aromatic rings. The quantitative estimate of drug-likeness (QED) is 0.415. The van der Waals surface area contributed by atoms with Crippen LogP contribution in [-0.4, -0.2) is 6.04 Å². The van der Waals surface area contributed by atoms with E-state index in [2.05, 4.69) is 13.5 Å². The van der Waals surface area contributed by atoms with Crippen LogP contribution in [0.3, 0.4) is 0 Å². The van der Waals surface area contributed by atoms with Crippen molar-refractivity contribution in [3.8, 4) is 0 Å². The molecule has 0 aromatic carbocycles. The fraction of sp³-hybridized carbons (Fsp3) is 0.846. The first kappa shape index (κ1) is 13.7. The number of nitrogens with two attached hydrogens (primary N) is 1. The Morgan fingerprint density at radius 2 is 1.64 bits per heavy atom. The molecule has 0 saturated heterocycles. The van der Waals surface area contributed by atoms with Crippen LogP contribution in [0.4, 0.5) is 0 Å². The average Bonchev–Trinajstić information content (AvgIpc) is 2.17. The Kier molecular flexibility index (Phi) is 10.5. The summed E-state index contributed by atoms with van der Waals surface area (Å²) in [4.78, 5) is 0. The maximum absolute atomic E-state index is 5.88. The third-order valence-corrected chi connectivity index (χ3v) is 2.65. The third kappa shape index (κ3) is 9.79. The standard InChI is InChI=1S/C13H27N/c1-3-5-6-7-8-9-10-12-13(14)11-4-2/h4,13H,2-3,5-12,14H2,1H3. The zero-order chi connectivity index (χ0) is 10.6. The van der Waals surface area contributed by atoms with E-state index >= 15 is 0 Å². The molecule has 14 heavy (non-hydrogen) atoms. The number of hydrogen-bond acceptors (Lipinski definition) is 1. The van der Waals surface area contributed by atoms with Gasteiger partial charge in [0.2, 0.25) is 0 Å². The fourth-order valence-corrected chi connectivity index (χ4v) is 1.70. The van der Waals surface area contributed by atoms with Crippen molar-refractivity contribution in [3.05, 3.63) is 12.7 Å². The number of hydrogen-bond donors (Lipinski definition) is 1. The van der Waals surface area contributed by atoms with Crippen molar-refractivity contribution < 1.29 is 0 Å². The molecule has 84 valence electrons. The van der Waals surface area contributed by atoms with Crippen LogP contribution >= 0.6 is 0 Å². The van der Waals surface area contributed by atoms with Gasteiger partial charge in [-0.3, -0.25) is 0 Å². The molecule has 1 heteroatoms. The molecule has 0 rings (SSSR count). The summed E-state index contributed by atoms with van der Waals surface area (Å²) in [5, 5.41) is 0. The summed E-state index contributed by atoms with van der Waals surface area (Å²) in [5.41, 5.74) is 5.88.